The topological polar surface area (TPSA) is 71.1 Å². The summed E-state index contributed by atoms with van der Waals surface area (Å²) < 4.78 is 23.6. The van der Waals surface area contributed by atoms with E-state index in [0.29, 0.717) is 22.6 Å². The molecule has 5 rings (SSSR count). The van der Waals surface area contributed by atoms with Crippen LogP contribution in [0, 0.1) is 0 Å². The van der Waals surface area contributed by atoms with Gasteiger partial charge in [-0.05, 0) is 35.4 Å². The Labute approximate surface area is 239 Å². The molecule has 206 valence electrons. The first-order valence-electron chi connectivity index (χ1n) is 13.4. The Morgan fingerprint density at radius 3 is 1.32 bits per heavy atom. The van der Waals surface area contributed by atoms with Crippen molar-refractivity contribution in [3.8, 4) is 22.6 Å². The van der Waals surface area contributed by atoms with Gasteiger partial charge in [0.1, 0.15) is 11.5 Å². The maximum absolute atomic E-state index is 13.4. The summed E-state index contributed by atoms with van der Waals surface area (Å²) in [5.74, 6) is -1.83. The van der Waals surface area contributed by atoms with Gasteiger partial charge in [-0.3, -0.25) is 0 Å². The van der Waals surface area contributed by atoms with Crippen molar-refractivity contribution in [3.63, 3.8) is 0 Å². The van der Waals surface area contributed by atoms with Crippen molar-refractivity contribution in [3.05, 3.63) is 145 Å². The number of carbonyl (C=O) groups excluding carboxylic acids is 2. The Hall–Kier alpha value is -5.10. The predicted octanol–water partition coefficient (Wildman–Crippen LogP) is 7.01. The molecule has 1 aliphatic carbocycles. The summed E-state index contributed by atoms with van der Waals surface area (Å²) in [6.45, 7) is 8.32. The summed E-state index contributed by atoms with van der Waals surface area (Å²) in [4.78, 5) is 26.9. The first-order chi connectivity index (χ1) is 20.0. The van der Waals surface area contributed by atoms with Crippen molar-refractivity contribution >= 4 is 11.9 Å². The van der Waals surface area contributed by atoms with Gasteiger partial charge in [0, 0.05) is 35.1 Å². The largest absolute Gasteiger partial charge is 0.493 e. The number of rotatable bonds is 12. The molecule has 0 amide bonds. The van der Waals surface area contributed by atoms with E-state index >= 15 is 0 Å². The minimum Gasteiger partial charge on any atom is -0.493 e. The molecule has 4 aromatic carbocycles. The Morgan fingerprint density at radius 1 is 0.537 bits per heavy atom. The van der Waals surface area contributed by atoms with Crippen LogP contribution in [0.15, 0.2) is 133 Å². The highest BCUT2D eigenvalue weighted by Crippen LogP contribution is 2.51. The van der Waals surface area contributed by atoms with Crippen LogP contribution in [0.1, 0.15) is 24.0 Å². The monoisotopic (exact) mass is 546 g/mol. The third-order valence-electron chi connectivity index (χ3n) is 6.74. The van der Waals surface area contributed by atoms with Crippen molar-refractivity contribution in [2.75, 3.05) is 13.2 Å². The second-order valence-electron chi connectivity index (χ2n) is 9.52. The Bertz CT molecular complexity index is 1440. The molecule has 0 fully saturated rings. The number of carbonyl (C=O) groups is 2. The predicted molar refractivity (Wildman–Crippen MR) is 156 cm³/mol. The molecule has 0 saturated heterocycles. The summed E-state index contributed by atoms with van der Waals surface area (Å²) >= 11 is 0. The zero-order chi connectivity index (χ0) is 28.7. The zero-order valence-electron chi connectivity index (χ0n) is 22.6. The van der Waals surface area contributed by atoms with E-state index in [0.717, 1.165) is 11.1 Å². The van der Waals surface area contributed by atoms with Crippen molar-refractivity contribution in [2.45, 2.75) is 18.6 Å². The van der Waals surface area contributed by atoms with Crippen LogP contribution in [0.4, 0.5) is 0 Å². The number of ether oxygens (including phenoxy) is 4. The fraction of sp³-hybridized carbons (Fsp3) is 0.143. The molecule has 41 heavy (non-hydrogen) atoms. The molecule has 6 nitrogen and oxygen atoms in total. The van der Waals surface area contributed by atoms with Crippen molar-refractivity contribution in [2.24, 2.45) is 0 Å². The normalized spacial score (nSPS) is 12.4. The molecule has 0 radical (unpaired) electrons. The lowest BCUT2D eigenvalue weighted by Crippen LogP contribution is -2.38. The fourth-order valence-electron chi connectivity index (χ4n) is 4.62. The molecule has 0 heterocycles. The van der Waals surface area contributed by atoms with Crippen LogP contribution in [0.2, 0.25) is 0 Å². The molecule has 1 aliphatic rings. The molecule has 0 spiro atoms. The highest BCUT2D eigenvalue weighted by molar-refractivity contribution is 5.92. The van der Waals surface area contributed by atoms with E-state index in [1.165, 1.54) is 0 Å². The Morgan fingerprint density at radius 2 is 0.902 bits per heavy atom. The second kappa shape index (κ2) is 12.4. The third kappa shape index (κ3) is 6.07. The van der Waals surface area contributed by atoms with E-state index in [1.54, 1.807) is 12.1 Å². The van der Waals surface area contributed by atoms with Gasteiger partial charge in [-0.15, -0.1) is 0 Å². The zero-order valence-corrected chi connectivity index (χ0v) is 22.6. The van der Waals surface area contributed by atoms with Gasteiger partial charge >= 0.3 is 17.7 Å². The molecule has 0 bridgehead atoms. The summed E-state index contributed by atoms with van der Waals surface area (Å²) in [6.07, 6.45) is 0.454. The summed E-state index contributed by atoms with van der Waals surface area (Å²) in [5, 5.41) is 0. The van der Waals surface area contributed by atoms with Gasteiger partial charge in [0.2, 0.25) is 0 Å². The van der Waals surface area contributed by atoms with E-state index in [2.05, 4.69) is 13.2 Å². The van der Waals surface area contributed by atoms with Gasteiger partial charge in [0.15, 0.2) is 0 Å². The minimum atomic E-state index is -1.81. The molecule has 0 saturated carbocycles. The molecule has 0 atom stereocenters. The molecule has 6 heteroatoms. The minimum absolute atomic E-state index is 0.188. The standard InChI is InChI=1S/C35H30O6/c1-25(21-23-38-27-13-5-3-6-14-27)33(36)40-35(31-19-11-9-17-29(31)30-18-10-12-20-32(30)35)41-34(37)26(2)22-24-39-28-15-7-4-8-16-28/h3-20H,1-2,21-24H2. The lowest BCUT2D eigenvalue weighted by atomic mass is 10.0. The van der Waals surface area contributed by atoms with Gasteiger partial charge in [-0.2, -0.15) is 0 Å². The average molecular weight is 547 g/mol. The van der Waals surface area contributed by atoms with Crippen LogP contribution < -0.4 is 9.47 Å². The number of fused-ring (bicyclic) bond motifs is 3. The smallest absolute Gasteiger partial charge is 0.337 e. The lowest BCUT2D eigenvalue weighted by Gasteiger charge is -2.31. The first-order valence-corrected chi connectivity index (χ1v) is 13.4. The molecular weight excluding hydrogens is 516 g/mol. The summed E-state index contributed by atoms with van der Waals surface area (Å²) in [5.41, 5.74) is 3.08. The molecule has 0 aliphatic heterocycles. The maximum Gasteiger partial charge on any atom is 0.337 e. The van der Waals surface area contributed by atoms with Gasteiger partial charge < -0.3 is 18.9 Å². The molecule has 0 unspecified atom stereocenters. The van der Waals surface area contributed by atoms with E-state index in [4.69, 9.17) is 18.9 Å². The van der Waals surface area contributed by atoms with Crippen molar-refractivity contribution in [1.82, 2.24) is 0 Å². The van der Waals surface area contributed by atoms with Crippen LogP contribution in [0.3, 0.4) is 0 Å². The Balaban J connectivity index is 1.35. The number of benzene rings is 4. The molecule has 4 aromatic rings. The van der Waals surface area contributed by atoms with Crippen LogP contribution >= 0.6 is 0 Å². The van der Waals surface area contributed by atoms with Crippen molar-refractivity contribution < 1.29 is 28.5 Å². The van der Waals surface area contributed by atoms with Gasteiger partial charge in [0.05, 0.1) is 13.2 Å². The molecule has 0 N–H and O–H groups in total. The van der Waals surface area contributed by atoms with Crippen molar-refractivity contribution in [1.29, 1.82) is 0 Å². The van der Waals surface area contributed by atoms with E-state index in [1.807, 2.05) is 97.1 Å². The SMILES string of the molecule is C=C(CCOc1ccccc1)C(=O)OC1(OC(=O)C(=C)CCOc2ccccc2)c2ccccc2-c2ccccc21. The summed E-state index contributed by atoms with van der Waals surface area (Å²) in [7, 11) is 0. The quantitative estimate of drug-likeness (QED) is 0.108. The van der Waals surface area contributed by atoms with E-state index in [-0.39, 0.29) is 37.2 Å². The van der Waals surface area contributed by atoms with Crippen LogP contribution in [-0.2, 0) is 24.8 Å². The maximum atomic E-state index is 13.4. The Kier molecular flexibility index (Phi) is 8.30. The average Bonchev–Trinajstić information content (AvgIpc) is 3.27. The number of hydrogen-bond donors (Lipinski definition) is 0. The van der Waals surface area contributed by atoms with Gasteiger partial charge in [0.25, 0.3) is 0 Å². The van der Waals surface area contributed by atoms with E-state index in [9.17, 15) is 9.59 Å². The highest BCUT2D eigenvalue weighted by atomic mass is 16.7. The van der Waals surface area contributed by atoms with Crippen LogP contribution in [-0.4, -0.2) is 25.2 Å². The van der Waals surface area contributed by atoms with Gasteiger partial charge in [-0.1, -0.05) is 98.1 Å². The fourth-order valence-corrected chi connectivity index (χ4v) is 4.62. The highest BCUT2D eigenvalue weighted by Gasteiger charge is 2.51. The lowest BCUT2D eigenvalue weighted by molar-refractivity contribution is -0.212. The van der Waals surface area contributed by atoms with Crippen LogP contribution in [0.5, 0.6) is 11.5 Å². The van der Waals surface area contributed by atoms with Crippen LogP contribution in [0.25, 0.3) is 11.1 Å². The number of para-hydroxylation sites is 2. The van der Waals surface area contributed by atoms with Gasteiger partial charge in [-0.25, -0.2) is 9.59 Å². The number of hydrogen-bond acceptors (Lipinski definition) is 6. The third-order valence-corrected chi connectivity index (χ3v) is 6.74. The van der Waals surface area contributed by atoms with E-state index < -0.39 is 17.7 Å². The second-order valence-corrected chi connectivity index (χ2v) is 9.52. The molecular formula is C35H30O6. The number of esters is 2. The summed E-state index contributed by atoms with van der Waals surface area (Å²) in [6, 6.07) is 33.4. The molecule has 0 aromatic heterocycles. The first kappa shape index (κ1) is 27.5.